The van der Waals surface area contributed by atoms with Crippen LogP contribution in [0.1, 0.15) is 10.4 Å². The fourth-order valence-corrected chi connectivity index (χ4v) is 4.07. The monoisotopic (exact) mass is 464 g/mol. The summed E-state index contributed by atoms with van der Waals surface area (Å²) in [6.07, 6.45) is 0. The largest absolute Gasteiger partial charge is 0.490 e. The van der Waals surface area contributed by atoms with E-state index in [0.29, 0.717) is 5.13 Å². The molecule has 0 spiro atoms. The van der Waals surface area contributed by atoms with E-state index in [1.165, 1.54) is 30.6 Å². The van der Waals surface area contributed by atoms with E-state index in [1.807, 2.05) is 41.8 Å². The molecule has 2 N–H and O–H groups in total. The van der Waals surface area contributed by atoms with Crippen LogP contribution in [0, 0.1) is 10.1 Å². The summed E-state index contributed by atoms with van der Waals surface area (Å²) < 4.78 is 4.95. The molecule has 0 radical (unpaired) electrons. The minimum absolute atomic E-state index is 0.0351. The Morgan fingerprint density at radius 2 is 1.91 bits per heavy atom. The summed E-state index contributed by atoms with van der Waals surface area (Å²) in [6, 6.07) is 18.1. The van der Waals surface area contributed by atoms with E-state index >= 15 is 0 Å². The van der Waals surface area contributed by atoms with Crippen LogP contribution in [0.25, 0.3) is 22.0 Å². The maximum atomic E-state index is 12.5. The topological polar surface area (TPSA) is 106 Å². The molecule has 1 heterocycles. The number of aromatic nitrogens is 1. The Balaban J connectivity index is 1.44. The van der Waals surface area contributed by atoms with Gasteiger partial charge in [-0.25, -0.2) is 4.98 Å². The number of amides is 1. The van der Waals surface area contributed by atoms with Gasteiger partial charge in [0.05, 0.1) is 17.7 Å². The Bertz CT molecular complexity index is 1350. The Labute approximate surface area is 192 Å². The molecule has 10 heteroatoms. The molecular weight excluding hydrogens is 448 g/mol. The van der Waals surface area contributed by atoms with Gasteiger partial charge in [0.2, 0.25) is 0 Å². The highest BCUT2D eigenvalue weighted by atomic mass is 32.1. The average molecular weight is 465 g/mol. The van der Waals surface area contributed by atoms with Gasteiger partial charge in [0, 0.05) is 22.6 Å². The minimum Gasteiger partial charge on any atom is -0.490 e. The third kappa shape index (κ3) is 4.56. The van der Waals surface area contributed by atoms with Crippen molar-refractivity contribution >= 4 is 56.2 Å². The van der Waals surface area contributed by atoms with Crippen LogP contribution >= 0.6 is 23.6 Å². The lowest BCUT2D eigenvalue weighted by atomic mass is 10.1. The summed E-state index contributed by atoms with van der Waals surface area (Å²) in [5, 5.41) is 21.2. The zero-order chi connectivity index (χ0) is 22.7. The Kier molecular flexibility index (Phi) is 6.06. The highest BCUT2D eigenvalue weighted by Gasteiger charge is 2.19. The molecule has 4 rings (SSSR count). The van der Waals surface area contributed by atoms with E-state index in [-0.39, 0.29) is 22.1 Å². The number of carbonyl (C=O) groups excluding carboxylic acids is 1. The van der Waals surface area contributed by atoms with Crippen LogP contribution in [-0.2, 0) is 0 Å². The lowest BCUT2D eigenvalue weighted by Crippen LogP contribution is -2.34. The minimum atomic E-state index is -0.615. The van der Waals surface area contributed by atoms with Crippen molar-refractivity contribution in [1.29, 1.82) is 0 Å². The molecule has 0 bridgehead atoms. The van der Waals surface area contributed by atoms with Crippen LogP contribution in [0.4, 0.5) is 10.8 Å². The van der Waals surface area contributed by atoms with E-state index in [9.17, 15) is 14.9 Å². The van der Waals surface area contributed by atoms with Crippen LogP contribution in [0.2, 0.25) is 0 Å². The van der Waals surface area contributed by atoms with Crippen LogP contribution in [0.15, 0.2) is 66.0 Å². The lowest BCUT2D eigenvalue weighted by Gasteiger charge is -2.08. The number of carbonyl (C=O) groups is 1. The highest BCUT2D eigenvalue weighted by molar-refractivity contribution is 7.80. The standard InChI is InChI=1S/C22H16N4O4S2/c1-30-19-9-8-16(11-18(19)26(28)29)20(27)24-21(31)25-22-23-17(12-32-22)15-7-6-13-4-2-3-5-14(13)10-15/h2-12H,1H3,(H2,23,24,25,27,31). The van der Waals surface area contributed by atoms with Crippen LogP contribution in [0.5, 0.6) is 5.75 Å². The zero-order valence-electron chi connectivity index (χ0n) is 16.7. The smallest absolute Gasteiger partial charge is 0.311 e. The molecule has 0 fully saturated rings. The third-order valence-electron chi connectivity index (χ3n) is 4.63. The molecule has 0 aliphatic carbocycles. The number of benzene rings is 3. The summed E-state index contributed by atoms with van der Waals surface area (Å²) in [5.74, 6) is -0.518. The van der Waals surface area contributed by atoms with Gasteiger partial charge in [-0.1, -0.05) is 36.4 Å². The number of ether oxygens (including phenoxy) is 1. The van der Waals surface area contributed by atoms with E-state index in [2.05, 4.69) is 21.7 Å². The number of thiazole rings is 1. The average Bonchev–Trinajstić information content (AvgIpc) is 3.26. The first kappa shape index (κ1) is 21.3. The SMILES string of the molecule is COc1ccc(C(=O)NC(=S)Nc2nc(-c3ccc4ccccc4c3)cs2)cc1[N+](=O)[O-]. The molecule has 1 aromatic heterocycles. The predicted octanol–water partition coefficient (Wildman–Crippen LogP) is 5.01. The number of nitro benzene ring substituents is 1. The fourth-order valence-electron chi connectivity index (χ4n) is 3.09. The predicted molar refractivity (Wildman–Crippen MR) is 128 cm³/mol. The van der Waals surface area contributed by atoms with Gasteiger partial charge < -0.3 is 10.1 Å². The van der Waals surface area contributed by atoms with Crippen molar-refractivity contribution in [2.24, 2.45) is 0 Å². The van der Waals surface area contributed by atoms with E-state index < -0.39 is 10.8 Å². The van der Waals surface area contributed by atoms with Gasteiger partial charge in [0.15, 0.2) is 16.0 Å². The van der Waals surface area contributed by atoms with Gasteiger partial charge in [0.25, 0.3) is 5.91 Å². The van der Waals surface area contributed by atoms with E-state index in [1.54, 1.807) is 0 Å². The van der Waals surface area contributed by atoms with Crippen LogP contribution < -0.4 is 15.4 Å². The third-order valence-corrected chi connectivity index (χ3v) is 5.60. The number of hydrogen-bond donors (Lipinski definition) is 2. The summed E-state index contributed by atoms with van der Waals surface area (Å²) in [5.41, 5.74) is 1.52. The summed E-state index contributed by atoms with van der Waals surface area (Å²) >= 11 is 6.54. The Morgan fingerprint density at radius 3 is 2.66 bits per heavy atom. The van der Waals surface area contributed by atoms with E-state index in [4.69, 9.17) is 17.0 Å². The maximum Gasteiger partial charge on any atom is 0.311 e. The number of nitro groups is 1. The van der Waals surface area contributed by atoms with Gasteiger partial charge in [0.1, 0.15) is 0 Å². The number of methoxy groups -OCH3 is 1. The van der Waals surface area contributed by atoms with Crippen molar-refractivity contribution in [3.63, 3.8) is 0 Å². The van der Waals surface area contributed by atoms with Crippen molar-refractivity contribution in [3.8, 4) is 17.0 Å². The Morgan fingerprint density at radius 1 is 1.12 bits per heavy atom. The van der Waals surface area contributed by atoms with Gasteiger partial charge in [-0.15, -0.1) is 11.3 Å². The molecule has 4 aromatic rings. The number of rotatable bonds is 5. The summed E-state index contributed by atoms with van der Waals surface area (Å²) in [7, 11) is 1.32. The van der Waals surface area contributed by atoms with Gasteiger partial charge in [-0.3, -0.25) is 20.2 Å². The molecular formula is C22H16N4O4S2. The molecule has 1 amide bonds. The van der Waals surface area contributed by atoms with Crippen molar-refractivity contribution < 1.29 is 14.5 Å². The number of nitrogens with one attached hydrogen (secondary N) is 2. The second-order valence-electron chi connectivity index (χ2n) is 6.65. The second-order valence-corrected chi connectivity index (χ2v) is 7.92. The lowest BCUT2D eigenvalue weighted by molar-refractivity contribution is -0.385. The normalized spacial score (nSPS) is 10.5. The number of nitrogens with zero attached hydrogens (tertiary/aromatic N) is 2. The first-order valence-electron chi connectivity index (χ1n) is 9.34. The Hall–Kier alpha value is -3.89. The fraction of sp³-hybridized carbons (Fsp3) is 0.0455. The number of fused-ring (bicyclic) bond motifs is 1. The van der Waals surface area contributed by atoms with Gasteiger partial charge >= 0.3 is 5.69 Å². The zero-order valence-corrected chi connectivity index (χ0v) is 18.3. The number of anilines is 1. The van der Waals surface area contributed by atoms with Crippen molar-refractivity contribution in [1.82, 2.24) is 10.3 Å². The van der Waals surface area contributed by atoms with E-state index in [0.717, 1.165) is 28.1 Å². The molecule has 160 valence electrons. The summed E-state index contributed by atoms with van der Waals surface area (Å²) in [6.45, 7) is 0. The first-order chi connectivity index (χ1) is 15.4. The first-order valence-corrected chi connectivity index (χ1v) is 10.6. The van der Waals surface area contributed by atoms with Crippen molar-refractivity contribution in [2.45, 2.75) is 0 Å². The molecule has 0 aliphatic heterocycles. The molecule has 0 saturated carbocycles. The van der Waals surface area contributed by atoms with Gasteiger partial charge in [-0.05, 0) is 41.2 Å². The molecule has 0 atom stereocenters. The maximum absolute atomic E-state index is 12.5. The summed E-state index contributed by atoms with van der Waals surface area (Å²) in [4.78, 5) is 27.5. The molecule has 8 nitrogen and oxygen atoms in total. The van der Waals surface area contributed by atoms with Crippen LogP contribution in [-0.4, -0.2) is 28.0 Å². The molecule has 32 heavy (non-hydrogen) atoms. The molecule has 0 saturated heterocycles. The van der Waals surface area contributed by atoms with Gasteiger partial charge in [-0.2, -0.15) is 0 Å². The number of thiocarbonyl (C=S) groups is 1. The number of hydrogen-bond acceptors (Lipinski definition) is 7. The van der Waals surface area contributed by atoms with Crippen LogP contribution in [0.3, 0.4) is 0 Å². The molecule has 0 aliphatic rings. The second kappa shape index (κ2) is 9.08. The molecule has 0 unspecified atom stereocenters. The quantitative estimate of drug-likeness (QED) is 0.243. The van der Waals surface area contributed by atoms with Crippen molar-refractivity contribution in [2.75, 3.05) is 12.4 Å². The molecule has 3 aromatic carbocycles. The van der Waals surface area contributed by atoms with Crippen molar-refractivity contribution in [3.05, 3.63) is 81.7 Å². The highest BCUT2D eigenvalue weighted by Crippen LogP contribution is 2.29.